The van der Waals surface area contributed by atoms with E-state index in [1.54, 1.807) is 0 Å². The average Bonchev–Trinajstić information content (AvgIpc) is 2.68. The van der Waals surface area contributed by atoms with Gasteiger partial charge in [0.2, 0.25) is 0 Å². The van der Waals surface area contributed by atoms with Crippen LogP contribution < -0.4 is 5.73 Å². The van der Waals surface area contributed by atoms with Gasteiger partial charge in [-0.25, -0.2) is 0 Å². The van der Waals surface area contributed by atoms with E-state index in [4.69, 9.17) is 25.4 Å². The Hall–Kier alpha value is -1.50. The first-order valence-corrected chi connectivity index (χ1v) is 10.8. The third kappa shape index (κ3) is 10.7. The summed E-state index contributed by atoms with van der Waals surface area (Å²) < 4.78 is 0. The molecular formula is C22H37BN2O4. The van der Waals surface area contributed by atoms with E-state index in [9.17, 15) is 0 Å². The second kappa shape index (κ2) is 14.5. The molecule has 0 aliphatic carbocycles. The first-order chi connectivity index (χ1) is 13.9. The summed E-state index contributed by atoms with van der Waals surface area (Å²) in [6.07, 6.45) is 8.07. The van der Waals surface area contributed by atoms with Crippen molar-refractivity contribution < 1.29 is 19.6 Å². The smallest absolute Gasteiger partial charge is 0.427 e. The number of benzene rings is 1. The molecule has 4 N–H and O–H groups in total. The minimum Gasteiger partial charge on any atom is -0.427 e. The molecule has 1 heterocycles. The fraction of sp³-hybridized carbons (Fsp3) is 0.682. The molecule has 0 radical (unpaired) electrons. The molecule has 29 heavy (non-hydrogen) atoms. The van der Waals surface area contributed by atoms with Gasteiger partial charge in [-0.1, -0.05) is 51.0 Å². The molecule has 6 nitrogen and oxygen atoms in total. The molecule has 7 heteroatoms. The van der Waals surface area contributed by atoms with Gasteiger partial charge in [0, 0.05) is 18.6 Å². The highest BCUT2D eigenvalue weighted by atomic mass is 16.4. The summed E-state index contributed by atoms with van der Waals surface area (Å²) in [5.74, 6) is 0.733. The van der Waals surface area contributed by atoms with E-state index in [2.05, 4.69) is 43.0 Å². The van der Waals surface area contributed by atoms with E-state index in [-0.39, 0.29) is 12.2 Å². The van der Waals surface area contributed by atoms with E-state index in [0.29, 0.717) is 12.4 Å². The maximum atomic E-state index is 8.91. The van der Waals surface area contributed by atoms with Crippen LogP contribution in [0.1, 0.15) is 63.5 Å². The Labute approximate surface area is 175 Å². The van der Waals surface area contributed by atoms with Crippen LogP contribution in [0.3, 0.4) is 0 Å². The lowest BCUT2D eigenvalue weighted by atomic mass is 9.83. The van der Waals surface area contributed by atoms with E-state index >= 15 is 0 Å². The number of carbonyl (C=O) groups excluding carboxylic acids is 2. The van der Waals surface area contributed by atoms with Crippen molar-refractivity contribution in [3.05, 3.63) is 35.4 Å². The van der Waals surface area contributed by atoms with Crippen molar-refractivity contribution in [1.29, 1.82) is 0 Å². The van der Waals surface area contributed by atoms with Crippen molar-refractivity contribution >= 4 is 13.3 Å². The van der Waals surface area contributed by atoms with Crippen molar-refractivity contribution in [2.24, 2.45) is 11.7 Å². The molecule has 1 aromatic carbocycles. The average molecular weight is 404 g/mol. The molecule has 1 aromatic rings. The molecule has 0 fully saturated rings. The third-order valence-electron chi connectivity index (χ3n) is 5.62. The molecule has 2 atom stereocenters. The highest BCUT2D eigenvalue weighted by molar-refractivity contribution is 6.40. The summed E-state index contributed by atoms with van der Waals surface area (Å²) in [5, 5.41) is 17.8. The Kier molecular flexibility index (Phi) is 12.8. The molecule has 0 aromatic heterocycles. The summed E-state index contributed by atoms with van der Waals surface area (Å²) >= 11 is 0. The lowest BCUT2D eigenvalue weighted by Crippen LogP contribution is -2.42. The summed E-state index contributed by atoms with van der Waals surface area (Å²) in [7, 11) is -1.18. The highest BCUT2D eigenvalue weighted by Crippen LogP contribution is 2.27. The van der Waals surface area contributed by atoms with Crippen LogP contribution in [0.5, 0.6) is 0 Å². The van der Waals surface area contributed by atoms with Gasteiger partial charge in [-0.2, -0.15) is 9.59 Å². The molecule has 0 bridgehead atoms. The quantitative estimate of drug-likeness (QED) is 0.387. The van der Waals surface area contributed by atoms with Crippen LogP contribution >= 0.6 is 0 Å². The van der Waals surface area contributed by atoms with Crippen LogP contribution in [-0.4, -0.2) is 46.8 Å². The maximum Gasteiger partial charge on any atom is 0.451 e. The second-order valence-corrected chi connectivity index (χ2v) is 8.47. The van der Waals surface area contributed by atoms with Crippen LogP contribution in [0.25, 0.3) is 0 Å². The Morgan fingerprint density at radius 1 is 1.14 bits per heavy atom. The zero-order valence-electron chi connectivity index (χ0n) is 17.9. The second-order valence-electron chi connectivity index (χ2n) is 8.47. The molecule has 0 saturated heterocycles. The van der Waals surface area contributed by atoms with Gasteiger partial charge in [-0.05, 0) is 62.0 Å². The fourth-order valence-corrected chi connectivity index (χ4v) is 3.90. The predicted molar refractivity (Wildman–Crippen MR) is 115 cm³/mol. The van der Waals surface area contributed by atoms with E-state index in [1.165, 1.54) is 24.1 Å². The summed E-state index contributed by atoms with van der Waals surface area (Å²) in [4.78, 5) is 18.9. The van der Waals surface area contributed by atoms with Crippen molar-refractivity contribution in [3.8, 4) is 0 Å². The van der Waals surface area contributed by atoms with Crippen LogP contribution in [0, 0.1) is 5.92 Å². The normalized spacial score (nSPS) is 17.1. The lowest BCUT2D eigenvalue weighted by Gasteiger charge is -2.38. The Morgan fingerprint density at radius 3 is 2.41 bits per heavy atom. The van der Waals surface area contributed by atoms with Gasteiger partial charge in [0.25, 0.3) is 0 Å². The SMILES string of the molecule is CC(C)CCN1Cc2ccccc2CC1CCC(N)CCCCB(O)O.O=C=O. The minimum absolute atomic E-state index is 0.218. The fourth-order valence-electron chi connectivity index (χ4n) is 3.90. The van der Waals surface area contributed by atoms with E-state index < -0.39 is 7.12 Å². The number of rotatable bonds is 11. The topological polar surface area (TPSA) is 104 Å². The molecule has 162 valence electrons. The standard InChI is InChI=1S/C21H37BN2O2.CO2/c1-17(2)12-14-24-16-19-8-4-3-7-18(19)15-21(24)11-10-20(23)9-5-6-13-22(25)26;2-1-3/h3-4,7-8,17,20-21,25-26H,5-6,9-16,23H2,1-2H3;. The molecule has 0 spiro atoms. The number of fused-ring (bicyclic) bond motifs is 1. The van der Waals surface area contributed by atoms with Crippen LogP contribution in [0.15, 0.2) is 24.3 Å². The lowest BCUT2D eigenvalue weighted by molar-refractivity contribution is -0.191. The number of nitrogens with two attached hydrogens (primary N) is 1. The van der Waals surface area contributed by atoms with Crippen LogP contribution in [0.2, 0.25) is 6.32 Å². The molecule has 0 saturated carbocycles. The summed E-state index contributed by atoms with van der Waals surface area (Å²) in [6, 6.07) is 9.67. The third-order valence-corrected chi connectivity index (χ3v) is 5.62. The Balaban J connectivity index is 0.00000132. The van der Waals surface area contributed by atoms with E-state index in [1.807, 2.05) is 0 Å². The van der Waals surface area contributed by atoms with Crippen LogP contribution in [0.4, 0.5) is 0 Å². The van der Waals surface area contributed by atoms with Crippen molar-refractivity contribution in [3.63, 3.8) is 0 Å². The van der Waals surface area contributed by atoms with Crippen molar-refractivity contribution in [1.82, 2.24) is 4.90 Å². The van der Waals surface area contributed by atoms with Crippen LogP contribution in [-0.2, 0) is 22.6 Å². The minimum atomic E-state index is -1.18. The highest BCUT2D eigenvalue weighted by Gasteiger charge is 2.26. The maximum absolute atomic E-state index is 8.91. The first kappa shape index (κ1) is 25.5. The predicted octanol–water partition coefficient (Wildman–Crippen LogP) is 2.63. The number of hydrogen-bond acceptors (Lipinski definition) is 6. The van der Waals surface area contributed by atoms with Gasteiger partial charge in [0.1, 0.15) is 0 Å². The van der Waals surface area contributed by atoms with Crippen molar-refractivity contribution in [2.75, 3.05) is 6.54 Å². The molecule has 2 unspecified atom stereocenters. The largest absolute Gasteiger partial charge is 0.451 e. The molecule has 2 rings (SSSR count). The molecule has 0 amide bonds. The van der Waals surface area contributed by atoms with Gasteiger partial charge in [0.05, 0.1) is 0 Å². The monoisotopic (exact) mass is 404 g/mol. The zero-order valence-corrected chi connectivity index (χ0v) is 17.9. The van der Waals surface area contributed by atoms with Gasteiger partial charge < -0.3 is 15.8 Å². The Morgan fingerprint density at radius 2 is 1.79 bits per heavy atom. The zero-order chi connectivity index (χ0) is 21.6. The number of nitrogens with zero attached hydrogens (tertiary/aromatic N) is 1. The van der Waals surface area contributed by atoms with Gasteiger partial charge in [0.15, 0.2) is 0 Å². The summed E-state index contributed by atoms with van der Waals surface area (Å²) in [5.41, 5.74) is 9.32. The number of unbranched alkanes of at least 4 members (excludes halogenated alkanes) is 1. The van der Waals surface area contributed by atoms with Crippen molar-refractivity contribution in [2.45, 2.75) is 83.7 Å². The van der Waals surface area contributed by atoms with Gasteiger partial charge >= 0.3 is 13.3 Å². The molecule has 1 aliphatic heterocycles. The summed E-state index contributed by atoms with van der Waals surface area (Å²) in [6.45, 7) is 6.83. The van der Waals surface area contributed by atoms with Gasteiger partial charge in [-0.15, -0.1) is 0 Å². The molecular weight excluding hydrogens is 367 g/mol. The first-order valence-electron chi connectivity index (χ1n) is 10.8. The number of hydrogen-bond donors (Lipinski definition) is 3. The Bertz CT molecular complexity index is 606. The van der Waals surface area contributed by atoms with Gasteiger partial charge in [-0.3, -0.25) is 4.90 Å². The molecule has 1 aliphatic rings. The van der Waals surface area contributed by atoms with E-state index in [0.717, 1.165) is 51.0 Å².